The van der Waals surface area contributed by atoms with Gasteiger partial charge in [-0.25, -0.2) is 4.79 Å². The Morgan fingerprint density at radius 1 is 1.13 bits per heavy atom. The molecule has 8 nitrogen and oxygen atoms in total. The van der Waals surface area contributed by atoms with Crippen LogP contribution in [0.5, 0.6) is 11.5 Å². The lowest BCUT2D eigenvalue weighted by Gasteiger charge is -2.25. The molecular formula is C22H23N3O5. The minimum Gasteiger partial charge on any atom is -0.497 e. The van der Waals surface area contributed by atoms with Crippen molar-refractivity contribution in [2.75, 3.05) is 14.2 Å². The second kappa shape index (κ2) is 8.69. The molecular weight excluding hydrogens is 386 g/mol. The second-order valence-corrected chi connectivity index (χ2v) is 6.61. The van der Waals surface area contributed by atoms with Crippen LogP contribution in [-0.4, -0.2) is 37.1 Å². The van der Waals surface area contributed by atoms with Gasteiger partial charge in [0.1, 0.15) is 17.0 Å². The highest BCUT2D eigenvalue weighted by molar-refractivity contribution is 6.09. The van der Waals surface area contributed by atoms with E-state index < -0.39 is 23.4 Å². The van der Waals surface area contributed by atoms with E-state index >= 15 is 0 Å². The van der Waals surface area contributed by atoms with Crippen LogP contribution in [0.2, 0.25) is 0 Å². The number of amides is 4. The average molecular weight is 409 g/mol. The van der Waals surface area contributed by atoms with E-state index in [9.17, 15) is 14.4 Å². The lowest BCUT2D eigenvalue weighted by Crippen LogP contribution is -2.48. The maximum Gasteiger partial charge on any atom is 0.344 e. The number of nitrogens with zero attached hydrogens (tertiary/aromatic N) is 1. The lowest BCUT2D eigenvalue weighted by atomic mass is 9.87. The minimum atomic E-state index is -1.21. The summed E-state index contributed by atoms with van der Waals surface area (Å²) in [6.07, 6.45) is 3.09. The molecule has 0 aromatic heterocycles. The minimum absolute atomic E-state index is 0.340. The Labute approximate surface area is 174 Å². The largest absolute Gasteiger partial charge is 0.497 e. The number of ether oxygens (including phenoxy) is 2. The van der Waals surface area contributed by atoms with E-state index in [0.29, 0.717) is 34.1 Å². The molecule has 1 heterocycles. The van der Waals surface area contributed by atoms with Crippen molar-refractivity contribution in [1.82, 2.24) is 15.8 Å². The zero-order valence-electron chi connectivity index (χ0n) is 17.0. The van der Waals surface area contributed by atoms with Crippen LogP contribution in [0.1, 0.15) is 24.5 Å². The van der Waals surface area contributed by atoms with Gasteiger partial charge in [-0.3, -0.25) is 15.0 Å². The number of benzene rings is 2. The van der Waals surface area contributed by atoms with Crippen LogP contribution >= 0.6 is 0 Å². The number of carbonyl (C=O) groups is 3. The molecule has 2 aromatic carbocycles. The molecule has 0 spiro atoms. The number of hydrazine groups is 1. The van der Waals surface area contributed by atoms with Crippen LogP contribution in [-0.2, 0) is 15.1 Å². The third kappa shape index (κ3) is 3.84. The fourth-order valence-electron chi connectivity index (χ4n) is 3.31. The Morgan fingerprint density at radius 3 is 2.50 bits per heavy atom. The van der Waals surface area contributed by atoms with Crippen molar-refractivity contribution in [2.24, 2.45) is 0 Å². The normalized spacial score (nSPS) is 18.4. The topological polar surface area (TPSA) is 97.0 Å². The lowest BCUT2D eigenvalue weighted by molar-refractivity contribution is -0.138. The highest BCUT2D eigenvalue weighted by Crippen LogP contribution is 2.31. The molecule has 1 fully saturated rings. The van der Waals surface area contributed by atoms with Gasteiger partial charge in [0.05, 0.1) is 14.2 Å². The zero-order chi connectivity index (χ0) is 21.7. The van der Waals surface area contributed by atoms with Gasteiger partial charge in [-0.15, -0.1) is 0 Å². The molecule has 3 rings (SSSR count). The van der Waals surface area contributed by atoms with Gasteiger partial charge in [0.15, 0.2) is 0 Å². The Morgan fingerprint density at radius 2 is 1.87 bits per heavy atom. The fourth-order valence-corrected chi connectivity index (χ4v) is 3.31. The summed E-state index contributed by atoms with van der Waals surface area (Å²) in [6, 6.07) is 13.4. The molecule has 4 amide bonds. The third-order valence-corrected chi connectivity index (χ3v) is 4.97. The first kappa shape index (κ1) is 20.9. The quantitative estimate of drug-likeness (QED) is 0.541. The first-order chi connectivity index (χ1) is 14.4. The molecule has 156 valence electrons. The molecule has 1 aliphatic rings. The number of urea groups is 1. The van der Waals surface area contributed by atoms with Gasteiger partial charge in [-0.1, -0.05) is 37.3 Å². The Hall–Kier alpha value is -3.81. The molecule has 1 atom stereocenters. The van der Waals surface area contributed by atoms with Crippen molar-refractivity contribution in [3.63, 3.8) is 0 Å². The van der Waals surface area contributed by atoms with Crippen molar-refractivity contribution < 1.29 is 23.9 Å². The Balaban J connectivity index is 1.76. The molecule has 8 heteroatoms. The Kier molecular flexibility index (Phi) is 6.06. The summed E-state index contributed by atoms with van der Waals surface area (Å²) >= 11 is 0. The van der Waals surface area contributed by atoms with E-state index in [-0.39, 0.29) is 0 Å². The van der Waals surface area contributed by atoms with E-state index in [1.165, 1.54) is 19.3 Å². The average Bonchev–Trinajstić information content (AvgIpc) is 3.03. The van der Waals surface area contributed by atoms with Crippen molar-refractivity contribution in [2.45, 2.75) is 18.9 Å². The van der Waals surface area contributed by atoms with E-state index in [0.717, 1.165) is 0 Å². The molecule has 0 radical (unpaired) electrons. The predicted molar refractivity (Wildman–Crippen MR) is 111 cm³/mol. The second-order valence-electron chi connectivity index (χ2n) is 6.61. The summed E-state index contributed by atoms with van der Waals surface area (Å²) in [7, 11) is 3.05. The number of carbonyl (C=O) groups excluding carboxylic acids is 3. The van der Waals surface area contributed by atoms with Gasteiger partial charge in [0, 0.05) is 17.7 Å². The van der Waals surface area contributed by atoms with Gasteiger partial charge in [-0.2, -0.15) is 5.01 Å². The monoisotopic (exact) mass is 409 g/mol. The van der Waals surface area contributed by atoms with Crippen molar-refractivity contribution in [3.8, 4) is 11.5 Å². The van der Waals surface area contributed by atoms with Crippen molar-refractivity contribution >= 4 is 23.9 Å². The van der Waals surface area contributed by atoms with Crippen LogP contribution in [0.3, 0.4) is 0 Å². The van der Waals surface area contributed by atoms with Crippen LogP contribution in [0.15, 0.2) is 54.6 Å². The van der Waals surface area contributed by atoms with Crippen LogP contribution < -0.4 is 20.2 Å². The first-order valence-electron chi connectivity index (χ1n) is 9.38. The number of nitrogens with one attached hydrogen (secondary N) is 2. The summed E-state index contributed by atoms with van der Waals surface area (Å²) < 4.78 is 10.4. The number of methoxy groups -OCH3 is 2. The molecule has 2 aromatic rings. The maximum absolute atomic E-state index is 13.0. The summed E-state index contributed by atoms with van der Waals surface area (Å²) in [6.45, 7) is 1.80. The van der Waals surface area contributed by atoms with Gasteiger partial charge in [-0.05, 0) is 30.2 Å². The van der Waals surface area contributed by atoms with E-state index in [4.69, 9.17) is 9.47 Å². The highest BCUT2D eigenvalue weighted by Gasteiger charge is 2.52. The van der Waals surface area contributed by atoms with E-state index in [1.54, 1.807) is 56.5 Å². The van der Waals surface area contributed by atoms with Gasteiger partial charge in [0.25, 0.3) is 11.8 Å². The fraction of sp³-hybridized carbons (Fsp3) is 0.227. The summed E-state index contributed by atoms with van der Waals surface area (Å²) in [5.74, 6) is -0.0339. The summed E-state index contributed by atoms with van der Waals surface area (Å²) in [5.41, 5.74) is 2.42. The van der Waals surface area contributed by atoms with Gasteiger partial charge in [0.2, 0.25) is 0 Å². The third-order valence-electron chi connectivity index (χ3n) is 4.97. The number of hydrogen-bond acceptors (Lipinski definition) is 5. The number of rotatable bonds is 7. The molecule has 1 aliphatic heterocycles. The van der Waals surface area contributed by atoms with Gasteiger partial charge < -0.3 is 14.8 Å². The smallest absolute Gasteiger partial charge is 0.344 e. The van der Waals surface area contributed by atoms with E-state index in [1.807, 2.05) is 6.07 Å². The van der Waals surface area contributed by atoms with Crippen molar-refractivity contribution in [1.29, 1.82) is 0 Å². The molecule has 1 saturated heterocycles. The maximum atomic E-state index is 13.0. The number of hydrogen-bond donors (Lipinski definition) is 2. The molecule has 0 bridgehead atoms. The first-order valence-corrected chi connectivity index (χ1v) is 9.38. The van der Waals surface area contributed by atoms with Crippen LogP contribution in [0.4, 0.5) is 4.79 Å². The number of imide groups is 1. The highest BCUT2D eigenvalue weighted by atomic mass is 16.5. The molecule has 2 N–H and O–H groups in total. The Bertz CT molecular complexity index is 990. The van der Waals surface area contributed by atoms with Crippen LogP contribution in [0, 0.1) is 0 Å². The SMILES string of the molecule is CC[C@]1(c2ccccc2)NC(=O)N(NC(=O)/C=C/c2ccc(OC)cc2OC)C1=O. The summed E-state index contributed by atoms with van der Waals surface area (Å²) in [4.78, 5) is 37.8. The zero-order valence-corrected chi connectivity index (χ0v) is 17.0. The molecule has 0 unspecified atom stereocenters. The van der Waals surface area contributed by atoms with Crippen LogP contribution in [0.25, 0.3) is 6.08 Å². The predicted octanol–water partition coefficient (Wildman–Crippen LogP) is 2.61. The van der Waals surface area contributed by atoms with Crippen molar-refractivity contribution in [3.05, 3.63) is 65.7 Å². The van der Waals surface area contributed by atoms with E-state index in [2.05, 4.69) is 10.7 Å². The summed E-state index contributed by atoms with van der Waals surface area (Å²) in [5, 5.41) is 3.42. The standard InChI is InChI=1S/C22H23N3O5/c1-4-22(16-8-6-5-7-9-16)20(27)25(21(28)23-22)24-19(26)13-11-15-10-12-17(29-2)14-18(15)30-3/h5-14H,4H2,1-3H3,(H,23,28)(H,24,26)/b13-11+/t22-/m1/s1. The molecule has 0 aliphatic carbocycles. The molecule has 0 saturated carbocycles. The molecule has 30 heavy (non-hydrogen) atoms. The van der Waals surface area contributed by atoms with Gasteiger partial charge >= 0.3 is 6.03 Å².